The largest absolute Gasteiger partial charge is 0.497 e. The molecule has 0 aromatic heterocycles. The van der Waals surface area contributed by atoms with Crippen LogP contribution in [0, 0.1) is 5.92 Å². The fourth-order valence-electron chi connectivity index (χ4n) is 3.33. The Kier molecular flexibility index (Phi) is 6.34. The maximum absolute atomic E-state index is 12.9. The average molecular weight is 416 g/mol. The lowest BCUT2D eigenvalue weighted by Crippen LogP contribution is -2.41. The van der Waals surface area contributed by atoms with Gasteiger partial charge in [0.2, 0.25) is 15.9 Å². The number of amides is 1. The van der Waals surface area contributed by atoms with Crippen molar-refractivity contribution in [3.63, 3.8) is 0 Å². The van der Waals surface area contributed by atoms with E-state index in [1.807, 2.05) is 0 Å². The summed E-state index contributed by atoms with van der Waals surface area (Å²) in [4.78, 5) is 24.2. The molecule has 154 valence electrons. The Hall–Kier alpha value is -2.71. The number of sulfonamides is 1. The summed E-state index contributed by atoms with van der Waals surface area (Å²) in [5.74, 6) is 0.0663. The number of ketones is 1. The molecule has 1 amide bonds. The predicted molar refractivity (Wildman–Crippen MR) is 110 cm³/mol. The number of ether oxygens (including phenoxy) is 1. The van der Waals surface area contributed by atoms with Crippen LogP contribution in [0.5, 0.6) is 5.75 Å². The van der Waals surface area contributed by atoms with E-state index in [9.17, 15) is 18.0 Å². The van der Waals surface area contributed by atoms with Gasteiger partial charge in [0.15, 0.2) is 5.78 Å². The van der Waals surface area contributed by atoms with Gasteiger partial charge >= 0.3 is 0 Å². The van der Waals surface area contributed by atoms with Crippen LogP contribution in [0.2, 0.25) is 0 Å². The first-order valence-corrected chi connectivity index (χ1v) is 10.8. The summed E-state index contributed by atoms with van der Waals surface area (Å²) in [6.45, 7) is 1.91. The van der Waals surface area contributed by atoms with E-state index in [1.165, 1.54) is 23.4 Å². The van der Waals surface area contributed by atoms with Gasteiger partial charge in [-0.15, -0.1) is 0 Å². The summed E-state index contributed by atoms with van der Waals surface area (Å²) in [5.41, 5.74) is 1.00. The zero-order chi connectivity index (χ0) is 21.0. The van der Waals surface area contributed by atoms with Crippen LogP contribution in [-0.2, 0) is 14.8 Å². The molecule has 2 aromatic rings. The number of rotatable bonds is 6. The molecule has 1 N–H and O–H groups in total. The minimum absolute atomic E-state index is 0.101. The highest BCUT2D eigenvalue weighted by Crippen LogP contribution is 2.26. The Morgan fingerprint density at radius 3 is 2.41 bits per heavy atom. The summed E-state index contributed by atoms with van der Waals surface area (Å²) in [7, 11) is -2.14. The maximum atomic E-state index is 12.9. The third kappa shape index (κ3) is 4.83. The Morgan fingerprint density at radius 1 is 1.07 bits per heavy atom. The number of hydrogen-bond acceptors (Lipinski definition) is 5. The molecule has 0 bridgehead atoms. The topological polar surface area (TPSA) is 92.8 Å². The van der Waals surface area contributed by atoms with Crippen LogP contribution >= 0.6 is 0 Å². The summed E-state index contributed by atoms with van der Waals surface area (Å²) in [5, 5.41) is 2.87. The zero-order valence-corrected chi connectivity index (χ0v) is 17.2. The molecule has 0 unspecified atom stereocenters. The Bertz CT molecular complexity index is 1010. The van der Waals surface area contributed by atoms with Gasteiger partial charge in [0.05, 0.1) is 12.0 Å². The lowest BCUT2D eigenvalue weighted by atomic mass is 9.97. The van der Waals surface area contributed by atoms with E-state index in [2.05, 4.69) is 5.32 Å². The van der Waals surface area contributed by atoms with Crippen LogP contribution in [-0.4, -0.2) is 44.6 Å². The van der Waals surface area contributed by atoms with Crippen molar-refractivity contribution in [3.8, 4) is 5.75 Å². The predicted octanol–water partition coefficient (Wildman–Crippen LogP) is 2.94. The number of methoxy groups -OCH3 is 1. The molecule has 3 rings (SSSR count). The lowest BCUT2D eigenvalue weighted by molar-refractivity contribution is -0.120. The average Bonchev–Trinajstić information content (AvgIpc) is 2.74. The number of carbonyl (C=O) groups is 2. The molecule has 0 saturated carbocycles. The van der Waals surface area contributed by atoms with Gasteiger partial charge in [-0.2, -0.15) is 4.31 Å². The molecule has 0 aliphatic carbocycles. The van der Waals surface area contributed by atoms with E-state index in [0.29, 0.717) is 29.8 Å². The first-order valence-electron chi connectivity index (χ1n) is 9.37. The van der Waals surface area contributed by atoms with Gasteiger partial charge in [-0.25, -0.2) is 8.42 Å². The molecule has 1 fully saturated rings. The zero-order valence-electron chi connectivity index (χ0n) is 16.4. The Morgan fingerprint density at radius 2 is 1.76 bits per heavy atom. The summed E-state index contributed by atoms with van der Waals surface area (Å²) < 4.78 is 32.3. The summed E-state index contributed by atoms with van der Waals surface area (Å²) in [6, 6.07) is 13.2. The normalized spacial score (nSPS) is 15.7. The van der Waals surface area contributed by atoms with Crippen molar-refractivity contribution in [1.82, 2.24) is 4.31 Å². The Balaban J connectivity index is 1.64. The smallest absolute Gasteiger partial charge is 0.243 e. The number of benzene rings is 2. The van der Waals surface area contributed by atoms with Crippen LogP contribution in [0.25, 0.3) is 0 Å². The van der Waals surface area contributed by atoms with Gasteiger partial charge in [-0.05, 0) is 44.0 Å². The molecule has 0 spiro atoms. The second kappa shape index (κ2) is 8.75. The number of Topliss-reactive ketones (excluding diaryl/α,β-unsaturated/α-hetero) is 1. The number of nitrogens with zero attached hydrogens (tertiary/aromatic N) is 1. The van der Waals surface area contributed by atoms with Crippen LogP contribution in [0.15, 0.2) is 53.4 Å². The van der Waals surface area contributed by atoms with E-state index in [0.717, 1.165) is 0 Å². The van der Waals surface area contributed by atoms with Gasteiger partial charge in [0.1, 0.15) is 5.75 Å². The molecule has 8 heteroatoms. The number of nitrogens with one attached hydrogen (secondary N) is 1. The fraction of sp³-hybridized carbons (Fsp3) is 0.333. The number of carbonyl (C=O) groups excluding carboxylic acids is 2. The summed E-state index contributed by atoms with van der Waals surface area (Å²) in [6.07, 6.45) is 0.864. The third-order valence-electron chi connectivity index (χ3n) is 5.04. The molecule has 1 saturated heterocycles. The first kappa shape index (κ1) is 21.0. The molecule has 1 aliphatic rings. The molecular weight excluding hydrogens is 392 g/mol. The summed E-state index contributed by atoms with van der Waals surface area (Å²) >= 11 is 0. The van der Waals surface area contributed by atoms with Crippen molar-refractivity contribution in [2.45, 2.75) is 24.7 Å². The van der Waals surface area contributed by atoms with Gasteiger partial charge in [-0.3, -0.25) is 9.59 Å². The number of anilines is 1. The van der Waals surface area contributed by atoms with E-state index < -0.39 is 10.0 Å². The fourth-order valence-corrected chi connectivity index (χ4v) is 4.84. The van der Waals surface area contributed by atoms with Crippen LogP contribution < -0.4 is 10.1 Å². The highest BCUT2D eigenvalue weighted by atomic mass is 32.2. The van der Waals surface area contributed by atoms with Gasteiger partial charge in [0, 0.05) is 36.3 Å². The van der Waals surface area contributed by atoms with Gasteiger partial charge in [0.25, 0.3) is 0 Å². The van der Waals surface area contributed by atoms with Crippen molar-refractivity contribution in [2.75, 3.05) is 25.5 Å². The second-order valence-electron chi connectivity index (χ2n) is 6.98. The molecule has 0 radical (unpaired) electrons. The molecule has 2 aromatic carbocycles. The van der Waals surface area contributed by atoms with Crippen LogP contribution in [0.1, 0.15) is 30.1 Å². The SMILES string of the molecule is COc1cccc(NC(=O)C2CCN(S(=O)(=O)c3cccc(C(C)=O)c3)CC2)c1. The number of piperidine rings is 1. The molecule has 1 heterocycles. The lowest BCUT2D eigenvalue weighted by Gasteiger charge is -2.30. The third-order valence-corrected chi connectivity index (χ3v) is 6.93. The second-order valence-corrected chi connectivity index (χ2v) is 8.92. The molecule has 7 nitrogen and oxygen atoms in total. The standard InChI is InChI=1S/C21H24N2O5S/c1-15(24)17-5-3-8-20(13-17)29(26,27)23-11-9-16(10-12-23)21(25)22-18-6-4-7-19(14-18)28-2/h3-8,13-14,16H,9-12H2,1-2H3,(H,22,25). The van der Waals surface area contributed by atoms with Gasteiger partial charge in [-0.1, -0.05) is 18.2 Å². The van der Waals surface area contributed by atoms with Crippen LogP contribution in [0.4, 0.5) is 5.69 Å². The van der Waals surface area contributed by atoms with Crippen molar-refractivity contribution < 1.29 is 22.7 Å². The first-order chi connectivity index (χ1) is 13.8. The highest BCUT2D eigenvalue weighted by Gasteiger charge is 2.32. The van der Waals surface area contributed by atoms with Crippen molar-refractivity contribution in [3.05, 3.63) is 54.1 Å². The van der Waals surface area contributed by atoms with E-state index in [4.69, 9.17) is 4.74 Å². The minimum atomic E-state index is -3.70. The molecule has 1 aliphatic heterocycles. The maximum Gasteiger partial charge on any atom is 0.243 e. The number of hydrogen-bond donors (Lipinski definition) is 1. The van der Waals surface area contributed by atoms with E-state index in [1.54, 1.807) is 43.5 Å². The van der Waals surface area contributed by atoms with Crippen molar-refractivity contribution in [2.24, 2.45) is 5.92 Å². The highest BCUT2D eigenvalue weighted by molar-refractivity contribution is 7.89. The molecule has 0 atom stereocenters. The Labute approximate surface area is 170 Å². The van der Waals surface area contributed by atoms with Crippen LogP contribution in [0.3, 0.4) is 0 Å². The minimum Gasteiger partial charge on any atom is -0.497 e. The quantitative estimate of drug-likeness (QED) is 0.731. The van der Waals surface area contributed by atoms with Crippen molar-refractivity contribution >= 4 is 27.4 Å². The molecular formula is C21H24N2O5S. The van der Waals surface area contributed by atoms with E-state index in [-0.39, 0.29) is 35.6 Å². The van der Waals surface area contributed by atoms with Crippen molar-refractivity contribution in [1.29, 1.82) is 0 Å². The monoisotopic (exact) mass is 416 g/mol. The molecule has 29 heavy (non-hydrogen) atoms. The van der Waals surface area contributed by atoms with Gasteiger partial charge < -0.3 is 10.1 Å². The van der Waals surface area contributed by atoms with E-state index >= 15 is 0 Å².